The highest BCUT2D eigenvalue weighted by Crippen LogP contribution is 2.35. The van der Waals surface area contributed by atoms with Crippen LogP contribution in [0.25, 0.3) is 10.8 Å². The zero-order valence-electron chi connectivity index (χ0n) is 17.2. The van der Waals surface area contributed by atoms with Gasteiger partial charge < -0.3 is 14.8 Å². The standard InChI is InChI=1S/C26H23Cl2NO2/c1-2-30-25-14-20(16-29-24-13-7-10-18-8-3-5-11-21(18)24)23(28)15-26(25)31-17-19-9-4-6-12-22(19)27/h3-15,29H,2,16-17H2,1H3. The van der Waals surface area contributed by atoms with Gasteiger partial charge in [0.2, 0.25) is 0 Å². The molecule has 0 aliphatic rings. The second kappa shape index (κ2) is 9.95. The number of nitrogens with one attached hydrogen (secondary N) is 1. The minimum absolute atomic E-state index is 0.337. The molecule has 5 heteroatoms. The molecular formula is C26H23Cl2NO2. The Balaban J connectivity index is 1.54. The molecule has 4 aromatic carbocycles. The normalized spacial score (nSPS) is 10.8. The first-order chi connectivity index (χ1) is 15.2. The van der Waals surface area contributed by atoms with Crippen molar-refractivity contribution in [1.29, 1.82) is 0 Å². The van der Waals surface area contributed by atoms with E-state index in [4.69, 9.17) is 32.7 Å². The van der Waals surface area contributed by atoms with Gasteiger partial charge in [-0.2, -0.15) is 0 Å². The summed E-state index contributed by atoms with van der Waals surface area (Å²) < 4.78 is 11.8. The van der Waals surface area contributed by atoms with Gasteiger partial charge in [0.1, 0.15) is 6.61 Å². The molecule has 4 aromatic rings. The van der Waals surface area contributed by atoms with Gasteiger partial charge >= 0.3 is 0 Å². The highest BCUT2D eigenvalue weighted by atomic mass is 35.5. The fraction of sp³-hybridized carbons (Fsp3) is 0.154. The molecule has 1 N–H and O–H groups in total. The van der Waals surface area contributed by atoms with E-state index in [1.54, 1.807) is 0 Å². The van der Waals surface area contributed by atoms with Crippen molar-refractivity contribution >= 4 is 39.7 Å². The van der Waals surface area contributed by atoms with Crippen LogP contribution in [0, 0.1) is 0 Å². The molecule has 0 fully saturated rings. The molecule has 0 aliphatic carbocycles. The largest absolute Gasteiger partial charge is 0.490 e. The predicted molar refractivity (Wildman–Crippen MR) is 130 cm³/mol. The van der Waals surface area contributed by atoms with E-state index in [2.05, 4.69) is 29.6 Å². The molecule has 0 unspecified atom stereocenters. The van der Waals surface area contributed by atoms with Crippen LogP contribution in [0.4, 0.5) is 5.69 Å². The van der Waals surface area contributed by atoms with Crippen LogP contribution < -0.4 is 14.8 Å². The van der Waals surface area contributed by atoms with E-state index in [9.17, 15) is 0 Å². The molecule has 0 saturated carbocycles. The Morgan fingerprint density at radius 2 is 1.48 bits per heavy atom. The molecule has 0 saturated heterocycles. The van der Waals surface area contributed by atoms with Gasteiger partial charge in [0.05, 0.1) is 6.61 Å². The van der Waals surface area contributed by atoms with Crippen molar-refractivity contribution in [1.82, 2.24) is 0 Å². The van der Waals surface area contributed by atoms with E-state index < -0.39 is 0 Å². The average molecular weight is 452 g/mol. The zero-order valence-corrected chi connectivity index (χ0v) is 18.7. The zero-order chi connectivity index (χ0) is 21.6. The minimum Gasteiger partial charge on any atom is -0.490 e. The number of hydrogen-bond donors (Lipinski definition) is 1. The molecule has 0 heterocycles. The molecule has 0 spiro atoms. The first-order valence-corrected chi connectivity index (χ1v) is 10.9. The second-order valence-electron chi connectivity index (χ2n) is 7.08. The summed E-state index contributed by atoms with van der Waals surface area (Å²) in [5.74, 6) is 1.26. The van der Waals surface area contributed by atoms with Crippen molar-refractivity contribution in [3.05, 3.63) is 100 Å². The van der Waals surface area contributed by atoms with E-state index in [1.807, 2.05) is 61.5 Å². The van der Waals surface area contributed by atoms with E-state index in [0.29, 0.717) is 41.3 Å². The molecule has 158 valence electrons. The Hall–Kier alpha value is -2.88. The van der Waals surface area contributed by atoms with Crippen molar-refractivity contribution in [2.75, 3.05) is 11.9 Å². The van der Waals surface area contributed by atoms with Crippen molar-refractivity contribution in [3.63, 3.8) is 0 Å². The molecule has 0 atom stereocenters. The summed E-state index contributed by atoms with van der Waals surface area (Å²) in [6.45, 7) is 3.38. The van der Waals surface area contributed by atoms with Crippen LogP contribution >= 0.6 is 23.2 Å². The summed E-state index contributed by atoms with van der Waals surface area (Å²) in [5, 5.41) is 7.15. The summed E-state index contributed by atoms with van der Waals surface area (Å²) in [5.41, 5.74) is 2.90. The third kappa shape index (κ3) is 5.07. The SMILES string of the molecule is CCOc1cc(CNc2cccc3ccccc23)c(Cl)cc1OCc1ccccc1Cl. The van der Waals surface area contributed by atoms with Crippen molar-refractivity contribution in [2.24, 2.45) is 0 Å². The smallest absolute Gasteiger partial charge is 0.163 e. The summed E-state index contributed by atoms with van der Waals surface area (Å²) >= 11 is 12.8. The van der Waals surface area contributed by atoms with E-state index in [0.717, 1.165) is 16.8 Å². The van der Waals surface area contributed by atoms with Crippen LogP contribution in [0.15, 0.2) is 78.9 Å². The predicted octanol–water partition coefficient (Wildman–Crippen LogP) is 7.74. The molecule has 4 rings (SSSR count). The van der Waals surface area contributed by atoms with Crippen LogP contribution in [0.1, 0.15) is 18.1 Å². The maximum Gasteiger partial charge on any atom is 0.163 e. The molecule has 31 heavy (non-hydrogen) atoms. The minimum atomic E-state index is 0.337. The van der Waals surface area contributed by atoms with Gasteiger partial charge in [-0.3, -0.25) is 0 Å². The number of halogens is 2. The monoisotopic (exact) mass is 451 g/mol. The molecule has 0 aliphatic heterocycles. The molecule has 0 amide bonds. The van der Waals surface area contributed by atoms with Crippen molar-refractivity contribution in [2.45, 2.75) is 20.1 Å². The summed E-state index contributed by atoms with van der Waals surface area (Å²) in [4.78, 5) is 0. The third-order valence-corrected chi connectivity index (χ3v) is 5.73. The van der Waals surface area contributed by atoms with E-state index in [1.165, 1.54) is 10.8 Å². The molecule has 0 bridgehead atoms. The number of benzene rings is 4. The molecular weight excluding hydrogens is 429 g/mol. The highest BCUT2D eigenvalue weighted by molar-refractivity contribution is 6.31. The van der Waals surface area contributed by atoms with Gasteiger partial charge in [-0.05, 0) is 36.1 Å². The maximum absolute atomic E-state index is 6.60. The first-order valence-electron chi connectivity index (χ1n) is 10.2. The fourth-order valence-electron chi connectivity index (χ4n) is 3.43. The lowest BCUT2D eigenvalue weighted by molar-refractivity contribution is 0.269. The number of rotatable bonds is 8. The van der Waals surface area contributed by atoms with Gasteiger partial charge in [0, 0.05) is 39.3 Å². The lowest BCUT2D eigenvalue weighted by atomic mass is 10.1. The van der Waals surface area contributed by atoms with Crippen LogP contribution in [-0.4, -0.2) is 6.61 Å². The number of anilines is 1. The first kappa shape index (κ1) is 21.4. The summed E-state index contributed by atoms with van der Waals surface area (Å²) in [6, 6.07) is 25.9. The van der Waals surface area contributed by atoms with Gasteiger partial charge in [-0.25, -0.2) is 0 Å². The van der Waals surface area contributed by atoms with Gasteiger partial charge in [-0.1, -0.05) is 77.8 Å². The van der Waals surface area contributed by atoms with Gasteiger partial charge in [0.25, 0.3) is 0 Å². The number of hydrogen-bond acceptors (Lipinski definition) is 3. The molecule has 0 aromatic heterocycles. The van der Waals surface area contributed by atoms with Crippen molar-refractivity contribution in [3.8, 4) is 11.5 Å². The topological polar surface area (TPSA) is 30.5 Å². The second-order valence-corrected chi connectivity index (χ2v) is 7.90. The molecule has 0 radical (unpaired) electrons. The quantitative estimate of drug-likeness (QED) is 0.297. The van der Waals surface area contributed by atoms with Crippen molar-refractivity contribution < 1.29 is 9.47 Å². The van der Waals surface area contributed by atoms with Crippen LogP contribution in [0.2, 0.25) is 10.0 Å². The van der Waals surface area contributed by atoms with E-state index >= 15 is 0 Å². The Morgan fingerprint density at radius 1 is 0.742 bits per heavy atom. The number of fused-ring (bicyclic) bond motifs is 1. The molecule has 3 nitrogen and oxygen atoms in total. The van der Waals surface area contributed by atoms with Gasteiger partial charge in [-0.15, -0.1) is 0 Å². The Kier molecular flexibility index (Phi) is 6.86. The lowest BCUT2D eigenvalue weighted by Gasteiger charge is -2.16. The van der Waals surface area contributed by atoms with Gasteiger partial charge in [0.15, 0.2) is 11.5 Å². The summed E-state index contributed by atoms with van der Waals surface area (Å²) in [6.07, 6.45) is 0. The Morgan fingerprint density at radius 3 is 2.32 bits per heavy atom. The Labute approximate surface area is 192 Å². The highest BCUT2D eigenvalue weighted by Gasteiger charge is 2.13. The van der Waals surface area contributed by atoms with Crippen LogP contribution in [-0.2, 0) is 13.2 Å². The third-order valence-electron chi connectivity index (χ3n) is 5.01. The number of ether oxygens (including phenoxy) is 2. The average Bonchev–Trinajstić information content (AvgIpc) is 2.79. The maximum atomic E-state index is 6.60. The van der Waals surface area contributed by atoms with Crippen LogP contribution in [0.3, 0.4) is 0 Å². The summed E-state index contributed by atoms with van der Waals surface area (Å²) in [7, 11) is 0. The lowest BCUT2D eigenvalue weighted by Crippen LogP contribution is -2.04. The fourth-order valence-corrected chi connectivity index (χ4v) is 3.85. The van der Waals surface area contributed by atoms with E-state index in [-0.39, 0.29) is 0 Å². The Bertz CT molecular complexity index is 1190. The van der Waals surface area contributed by atoms with Crippen LogP contribution in [0.5, 0.6) is 11.5 Å².